The number of carbonyl (C=O) groups excluding carboxylic acids is 1. The van der Waals surface area contributed by atoms with Crippen molar-refractivity contribution in [1.29, 1.82) is 0 Å². The van der Waals surface area contributed by atoms with E-state index in [1.165, 1.54) is 0 Å². The second-order valence-corrected chi connectivity index (χ2v) is 6.19. The van der Waals surface area contributed by atoms with Crippen LogP contribution >= 0.6 is 0 Å². The van der Waals surface area contributed by atoms with Crippen LogP contribution in [0.4, 0.5) is 0 Å². The van der Waals surface area contributed by atoms with Crippen molar-refractivity contribution < 1.29 is 9.90 Å². The summed E-state index contributed by atoms with van der Waals surface area (Å²) in [6.45, 7) is 6.70. The van der Waals surface area contributed by atoms with Gasteiger partial charge in [0.15, 0.2) is 0 Å². The molecule has 0 aromatic heterocycles. The van der Waals surface area contributed by atoms with Crippen LogP contribution in [-0.2, 0) is 0 Å². The van der Waals surface area contributed by atoms with E-state index in [0.717, 1.165) is 43.6 Å². The Balaban J connectivity index is 1.78. The van der Waals surface area contributed by atoms with Gasteiger partial charge in [0.2, 0.25) is 0 Å². The van der Waals surface area contributed by atoms with Crippen LogP contribution < -0.4 is 0 Å². The Kier molecular flexibility index (Phi) is 5.37. The first-order chi connectivity index (χ1) is 9.97. The van der Waals surface area contributed by atoms with Crippen LogP contribution in [0.15, 0.2) is 24.3 Å². The van der Waals surface area contributed by atoms with E-state index in [1.807, 2.05) is 43.1 Å². The molecule has 0 radical (unpaired) electrons. The Morgan fingerprint density at radius 2 is 2.19 bits per heavy atom. The van der Waals surface area contributed by atoms with Gasteiger partial charge in [0.1, 0.15) is 0 Å². The van der Waals surface area contributed by atoms with Gasteiger partial charge < -0.3 is 10.0 Å². The third-order valence-corrected chi connectivity index (χ3v) is 4.28. The Labute approximate surface area is 127 Å². The summed E-state index contributed by atoms with van der Waals surface area (Å²) in [5.41, 5.74) is 1.87. The summed E-state index contributed by atoms with van der Waals surface area (Å²) in [6.07, 6.45) is 1.91. The van der Waals surface area contributed by atoms with Gasteiger partial charge in [-0.1, -0.05) is 17.7 Å². The molecule has 1 N–H and O–H groups in total. The van der Waals surface area contributed by atoms with E-state index in [4.69, 9.17) is 0 Å². The number of nitrogens with zero attached hydrogens (tertiary/aromatic N) is 2. The highest BCUT2D eigenvalue weighted by Crippen LogP contribution is 2.14. The molecule has 1 saturated heterocycles. The maximum Gasteiger partial charge on any atom is 0.253 e. The number of amides is 1. The lowest BCUT2D eigenvalue weighted by molar-refractivity contribution is 0.000800. The van der Waals surface area contributed by atoms with Crippen LogP contribution in [-0.4, -0.2) is 59.6 Å². The highest BCUT2D eigenvalue weighted by molar-refractivity contribution is 5.94. The lowest BCUT2D eigenvalue weighted by Crippen LogP contribution is -2.50. The molecule has 0 unspecified atom stereocenters. The Morgan fingerprint density at radius 3 is 2.81 bits per heavy atom. The zero-order chi connectivity index (χ0) is 15.4. The van der Waals surface area contributed by atoms with Gasteiger partial charge in [0.05, 0.1) is 6.10 Å². The van der Waals surface area contributed by atoms with Crippen LogP contribution in [0, 0.1) is 6.92 Å². The van der Waals surface area contributed by atoms with Crippen molar-refractivity contribution in [1.82, 2.24) is 9.80 Å². The van der Waals surface area contributed by atoms with E-state index in [9.17, 15) is 9.90 Å². The second-order valence-electron chi connectivity index (χ2n) is 6.19. The van der Waals surface area contributed by atoms with Gasteiger partial charge >= 0.3 is 0 Å². The molecule has 1 aliphatic rings. The average molecular weight is 290 g/mol. The summed E-state index contributed by atoms with van der Waals surface area (Å²) in [5, 5.41) is 9.24. The summed E-state index contributed by atoms with van der Waals surface area (Å²) in [7, 11) is 1.88. The Morgan fingerprint density at radius 1 is 1.48 bits per heavy atom. The molecule has 0 aliphatic carbocycles. The van der Waals surface area contributed by atoms with Crippen molar-refractivity contribution in [2.75, 3.05) is 26.7 Å². The first-order valence-electron chi connectivity index (χ1n) is 7.71. The molecule has 21 heavy (non-hydrogen) atoms. The topological polar surface area (TPSA) is 43.8 Å². The van der Waals surface area contributed by atoms with Gasteiger partial charge in [-0.25, -0.2) is 0 Å². The van der Waals surface area contributed by atoms with E-state index < -0.39 is 0 Å². The Hall–Kier alpha value is -1.39. The van der Waals surface area contributed by atoms with E-state index in [1.54, 1.807) is 0 Å². The predicted octanol–water partition coefficient (Wildman–Crippen LogP) is 1.91. The molecule has 0 spiro atoms. The van der Waals surface area contributed by atoms with Crippen molar-refractivity contribution in [2.45, 2.75) is 38.8 Å². The fourth-order valence-electron chi connectivity index (χ4n) is 2.71. The third kappa shape index (κ3) is 4.29. The normalized spacial score (nSPS) is 17.3. The fraction of sp³-hybridized carbons (Fsp3) is 0.588. The van der Waals surface area contributed by atoms with E-state index in [0.29, 0.717) is 0 Å². The van der Waals surface area contributed by atoms with Crippen molar-refractivity contribution in [3.8, 4) is 0 Å². The largest absolute Gasteiger partial charge is 0.390 e. The quantitative estimate of drug-likeness (QED) is 0.870. The highest BCUT2D eigenvalue weighted by Gasteiger charge is 2.24. The van der Waals surface area contributed by atoms with Crippen molar-refractivity contribution in [3.05, 3.63) is 35.4 Å². The molecule has 1 atom stereocenters. The molecule has 1 aromatic carbocycles. The molecule has 1 aromatic rings. The van der Waals surface area contributed by atoms with Gasteiger partial charge in [-0.15, -0.1) is 0 Å². The number of likely N-dealkylation sites (tertiary alicyclic amines) is 1. The second kappa shape index (κ2) is 7.05. The van der Waals surface area contributed by atoms with E-state index in [2.05, 4.69) is 11.8 Å². The molecular formula is C17H26N2O2. The Bertz CT molecular complexity index is 483. The molecule has 2 rings (SSSR count). The number of β-amino-alcohol motifs (C(OH)–C–C–N with tert-alkyl or cyclic N) is 1. The van der Waals surface area contributed by atoms with Gasteiger partial charge in [-0.2, -0.15) is 0 Å². The lowest BCUT2D eigenvalue weighted by Gasteiger charge is -2.36. The number of aryl methyl sites for hydroxylation is 1. The zero-order valence-electron chi connectivity index (χ0n) is 13.2. The standard InChI is InChI=1S/C17H26N2O2/c1-13-6-4-8-15(10-13)17(21)18(3)14(2)7-5-9-19-11-16(20)12-19/h4,6,8,10,14,16,20H,5,7,9,11-12H2,1-3H3/t14-/m0/s1. The summed E-state index contributed by atoms with van der Waals surface area (Å²) in [6, 6.07) is 7.97. The number of rotatable bonds is 6. The van der Waals surface area contributed by atoms with Gasteiger partial charge in [-0.3, -0.25) is 9.69 Å². The molecule has 4 heteroatoms. The minimum absolute atomic E-state index is 0.0885. The monoisotopic (exact) mass is 290 g/mol. The molecule has 1 heterocycles. The first-order valence-corrected chi connectivity index (χ1v) is 7.71. The molecule has 1 fully saturated rings. The third-order valence-electron chi connectivity index (χ3n) is 4.28. The van der Waals surface area contributed by atoms with Crippen LogP contribution in [0.2, 0.25) is 0 Å². The maximum atomic E-state index is 12.4. The predicted molar refractivity (Wildman–Crippen MR) is 84.4 cm³/mol. The average Bonchev–Trinajstić information content (AvgIpc) is 2.43. The fourth-order valence-corrected chi connectivity index (χ4v) is 2.71. The minimum Gasteiger partial charge on any atom is -0.390 e. The molecule has 1 aliphatic heterocycles. The highest BCUT2D eigenvalue weighted by atomic mass is 16.3. The molecule has 116 valence electrons. The van der Waals surface area contributed by atoms with E-state index in [-0.39, 0.29) is 18.1 Å². The zero-order valence-corrected chi connectivity index (χ0v) is 13.2. The molecule has 0 saturated carbocycles. The molecular weight excluding hydrogens is 264 g/mol. The summed E-state index contributed by atoms with van der Waals surface area (Å²) >= 11 is 0. The van der Waals surface area contributed by atoms with Crippen molar-refractivity contribution in [2.24, 2.45) is 0 Å². The molecule has 4 nitrogen and oxygen atoms in total. The van der Waals surface area contributed by atoms with Gasteiger partial charge in [0.25, 0.3) is 5.91 Å². The lowest BCUT2D eigenvalue weighted by atomic mass is 10.1. The van der Waals surface area contributed by atoms with Crippen LogP contribution in [0.3, 0.4) is 0 Å². The maximum absolute atomic E-state index is 12.4. The summed E-state index contributed by atoms with van der Waals surface area (Å²) in [4.78, 5) is 16.5. The van der Waals surface area contributed by atoms with E-state index >= 15 is 0 Å². The minimum atomic E-state index is -0.131. The van der Waals surface area contributed by atoms with Crippen LogP contribution in [0.25, 0.3) is 0 Å². The number of hydrogen-bond acceptors (Lipinski definition) is 3. The number of hydrogen-bond donors (Lipinski definition) is 1. The van der Waals surface area contributed by atoms with Crippen molar-refractivity contribution in [3.63, 3.8) is 0 Å². The van der Waals surface area contributed by atoms with Gasteiger partial charge in [0, 0.05) is 31.7 Å². The van der Waals surface area contributed by atoms with Gasteiger partial charge in [-0.05, 0) is 45.4 Å². The number of aliphatic hydroxyl groups is 1. The summed E-state index contributed by atoms with van der Waals surface area (Å²) in [5.74, 6) is 0.0885. The smallest absolute Gasteiger partial charge is 0.253 e. The first kappa shape index (κ1) is 16.0. The number of aliphatic hydroxyl groups excluding tert-OH is 1. The van der Waals surface area contributed by atoms with Crippen LogP contribution in [0.5, 0.6) is 0 Å². The SMILES string of the molecule is Cc1cccc(C(=O)N(C)[C@@H](C)CCCN2CC(O)C2)c1. The number of benzene rings is 1. The molecule has 0 bridgehead atoms. The summed E-state index contributed by atoms with van der Waals surface area (Å²) < 4.78 is 0. The van der Waals surface area contributed by atoms with Crippen LogP contribution in [0.1, 0.15) is 35.7 Å². The number of carbonyl (C=O) groups is 1. The molecule has 1 amide bonds. The van der Waals surface area contributed by atoms with Crippen molar-refractivity contribution >= 4 is 5.91 Å².